The lowest BCUT2D eigenvalue weighted by Crippen LogP contribution is -2.41. The second-order valence-electron chi connectivity index (χ2n) is 5.42. The zero-order chi connectivity index (χ0) is 16.2. The van der Waals surface area contributed by atoms with E-state index in [1.165, 1.54) is 10.4 Å². The summed E-state index contributed by atoms with van der Waals surface area (Å²) < 4.78 is 25.1. The summed E-state index contributed by atoms with van der Waals surface area (Å²) in [6.45, 7) is 0.394. The Morgan fingerprint density at radius 3 is 2.73 bits per heavy atom. The molecule has 0 saturated heterocycles. The van der Waals surface area contributed by atoms with E-state index >= 15 is 0 Å². The van der Waals surface area contributed by atoms with Crippen LogP contribution in [0.2, 0.25) is 0 Å². The molecule has 118 valence electrons. The number of sulfonamides is 1. The van der Waals surface area contributed by atoms with Crippen LogP contribution in [0.25, 0.3) is 0 Å². The molecule has 1 amide bonds. The van der Waals surface area contributed by atoms with E-state index in [2.05, 4.69) is 5.32 Å². The lowest BCUT2D eigenvalue weighted by atomic mass is 9.85. The quantitative estimate of drug-likeness (QED) is 0.853. The molecule has 2 rings (SSSR count). The molecule has 0 aromatic heterocycles. The Hall–Kier alpha value is -2.07. The van der Waals surface area contributed by atoms with Gasteiger partial charge in [0.05, 0.1) is 30.1 Å². The van der Waals surface area contributed by atoms with Gasteiger partial charge in [0.15, 0.2) is 0 Å². The van der Waals surface area contributed by atoms with Crippen molar-refractivity contribution in [3.8, 4) is 6.07 Å². The molecular weight excluding hydrogens is 302 g/mol. The van der Waals surface area contributed by atoms with Crippen molar-refractivity contribution in [2.75, 3.05) is 23.7 Å². The minimum absolute atomic E-state index is 0.00882. The van der Waals surface area contributed by atoms with E-state index in [4.69, 9.17) is 5.26 Å². The van der Waals surface area contributed by atoms with Gasteiger partial charge < -0.3 is 5.32 Å². The van der Waals surface area contributed by atoms with Gasteiger partial charge in [0.2, 0.25) is 15.9 Å². The molecule has 1 N–H and O–H groups in total. The van der Waals surface area contributed by atoms with Crippen LogP contribution in [0.1, 0.15) is 24.8 Å². The Balaban J connectivity index is 2.03. The predicted molar refractivity (Wildman–Crippen MR) is 83.7 cm³/mol. The first-order chi connectivity index (χ1) is 10.4. The molecule has 0 bridgehead atoms. The standard InChI is InChI=1S/C15H19N3O3S/c1-22(20,21)18(14-7-2-4-12(10-14)11-16)9-8-17-15(19)13-5-3-6-13/h2,4,7,10,13H,3,5-6,8-9H2,1H3,(H,17,19). The summed E-state index contributed by atoms with van der Waals surface area (Å²) in [4.78, 5) is 11.8. The monoisotopic (exact) mass is 321 g/mol. The molecule has 1 aliphatic carbocycles. The fourth-order valence-corrected chi connectivity index (χ4v) is 3.23. The Kier molecular flexibility index (Phi) is 5.03. The highest BCUT2D eigenvalue weighted by atomic mass is 32.2. The molecule has 1 saturated carbocycles. The third-order valence-corrected chi connectivity index (χ3v) is 4.95. The van der Waals surface area contributed by atoms with Crippen LogP contribution < -0.4 is 9.62 Å². The zero-order valence-corrected chi connectivity index (χ0v) is 13.3. The minimum Gasteiger partial charge on any atom is -0.354 e. The summed E-state index contributed by atoms with van der Waals surface area (Å²) in [5.74, 6) is 0.0686. The lowest BCUT2D eigenvalue weighted by molar-refractivity contribution is -0.127. The van der Waals surface area contributed by atoms with Crippen molar-refractivity contribution in [1.82, 2.24) is 5.32 Å². The lowest BCUT2D eigenvalue weighted by Gasteiger charge is -2.26. The molecule has 1 fully saturated rings. The van der Waals surface area contributed by atoms with Gasteiger partial charge in [-0.25, -0.2) is 8.42 Å². The number of hydrogen-bond acceptors (Lipinski definition) is 4. The van der Waals surface area contributed by atoms with Crippen molar-refractivity contribution in [1.29, 1.82) is 5.26 Å². The summed E-state index contributed by atoms with van der Waals surface area (Å²) in [5.41, 5.74) is 0.823. The van der Waals surface area contributed by atoms with Crippen molar-refractivity contribution >= 4 is 21.6 Å². The number of nitriles is 1. The van der Waals surface area contributed by atoms with E-state index in [0.29, 0.717) is 11.3 Å². The van der Waals surface area contributed by atoms with E-state index in [-0.39, 0.29) is 24.9 Å². The molecule has 0 radical (unpaired) electrons. The Morgan fingerprint density at radius 1 is 1.45 bits per heavy atom. The first-order valence-corrected chi connectivity index (χ1v) is 9.02. The molecule has 1 aliphatic rings. The number of rotatable bonds is 6. The van der Waals surface area contributed by atoms with Crippen molar-refractivity contribution in [3.63, 3.8) is 0 Å². The van der Waals surface area contributed by atoms with Gasteiger partial charge in [-0.2, -0.15) is 5.26 Å². The fraction of sp³-hybridized carbons (Fsp3) is 0.467. The maximum atomic E-state index is 11.9. The molecular formula is C15H19N3O3S. The van der Waals surface area contributed by atoms with Gasteiger partial charge in [0, 0.05) is 12.5 Å². The van der Waals surface area contributed by atoms with Crippen LogP contribution in [0, 0.1) is 17.2 Å². The topological polar surface area (TPSA) is 90.3 Å². The number of carbonyl (C=O) groups is 1. The first-order valence-electron chi connectivity index (χ1n) is 7.17. The van der Waals surface area contributed by atoms with Crippen LogP contribution in [0.4, 0.5) is 5.69 Å². The Labute approximate surface area is 130 Å². The number of anilines is 1. The zero-order valence-electron chi connectivity index (χ0n) is 12.4. The highest BCUT2D eigenvalue weighted by Gasteiger charge is 2.25. The number of carbonyl (C=O) groups excluding carboxylic acids is 1. The number of nitrogens with zero attached hydrogens (tertiary/aromatic N) is 2. The SMILES string of the molecule is CS(=O)(=O)N(CCNC(=O)C1CCC1)c1cccc(C#N)c1. The molecule has 7 heteroatoms. The average Bonchev–Trinajstić information content (AvgIpc) is 2.40. The molecule has 22 heavy (non-hydrogen) atoms. The van der Waals surface area contributed by atoms with Crippen LogP contribution in [0.15, 0.2) is 24.3 Å². The molecule has 6 nitrogen and oxygen atoms in total. The van der Waals surface area contributed by atoms with E-state index in [1.807, 2.05) is 6.07 Å². The smallest absolute Gasteiger partial charge is 0.232 e. The fourth-order valence-electron chi connectivity index (χ4n) is 2.31. The Bertz CT molecular complexity index is 690. The first kappa shape index (κ1) is 16.3. The minimum atomic E-state index is -3.48. The van der Waals surface area contributed by atoms with Crippen LogP contribution in [-0.2, 0) is 14.8 Å². The van der Waals surface area contributed by atoms with Crippen molar-refractivity contribution < 1.29 is 13.2 Å². The molecule has 0 heterocycles. The summed E-state index contributed by atoms with van der Waals surface area (Å²) in [6, 6.07) is 8.40. The summed E-state index contributed by atoms with van der Waals surface area (Å²) in [5, 5.41) is 11.7. The van der Waals surface area contributed by atoms with Crippen molar-refractivity contribution in [3.05, 3.63) is 29.8 Å². The van der Waals surface area contributed by atoms with Crippen molar-refractivity contribution in [2.45, 2.75) is 19.3 Å². The van der Waals surface area contributed by atoms with Gasteiger partial charge in [-0.15, -0.1) is 0 Å². The van der Waals surface area contributed by atoms with Gasteiger partial charge in [-0.1, -0.05) is 12.5 Å². The highest BCUT2D eigenvalue weighted by Crippen LogP contribution is 2.26. The summed E-state index contributed by atoms with van der Waals surface area (Å²) >= 11 is 0. The molecule has 0 spiro atoms. The van der Waals surface area contributed by atoms with Gasteiger partial charge in [-0.05, 0) is 31.0 Å². The average molecular weight is 321 g/mol. The second kappa shape index (κ2) is 6.79. The number of hydrogen-bond donors (Lipinski definition) is 1. The molecule has 0 unspecified atom stereocenters. The van der Waals surface area contributed by atoms with Crippen molar-refractivity contribution in [2.24, 2.45) is 5.92 Å². The van der Waals surface area contributed by atoms with Gasteiger partial charge in [0.1, 0.15) is 0 Å². The predicted octanol–water partition coefficient (Wildman–Crippen LogP) is 1.24. The second-order valence-corrected chi connectivity index (χ2v) is 7.32. The van der Waals surface area contributed by atoms with Gasteiger partial charge >= 0.3 is 0 Å². The van der Waals surface area contributed by atoms with E-state index < -0.39 is 10.0 Å². The summed E-state index contributed by atoms with van der Waals surface area (Å²) in [7, 11) is -3.48. The van der Waals surface area contributed by atoms with Crippen LogP contribution in [0.3, 0.4) is 0 Å². The van der Waals surface area contributed by atoms with E-state index in [1.54, 1.807) is 18.2 Å². The molecule has 1 aromatic rings. The van der Waals surface area contributed by atoms with Crippen LogP contribution in [-0.4, -0.2) is 33.7 Å². The highest BCUT2D eigenvalue weighted by molar-refractivity contribution is 7.92. The van der Waals surface area contributed by atoms with Gasteiger partial charge in [0.25, 0.3) is 0 Å². The maximum Gasteiger partial charge on any atom is 0.232 e. The molecule has 1 aromatic carbocycles. The van der Waals surface area contributed by atoms with Crippen LogP contribution in [0.5, 0.6) is 0 Å². The third-order valence-electron chi connectivity index (χ3n) is 3.75. The number of nitrogens with one attached hydrogen (secondary N) is 1. The third kappa shape index (κ3) is 3.98. The normalized spacial score (nSPS) is 14.7. The van der Waals surface area contributed by atoms with E-state index in [9.17, 15) is 13.2 Å². The van der Waals surface area contributed by atoms with Crippen LogP contribution >= 0.6 is 0 Å². The largest absolute Gasteiger partial charge is 0.354 e. The number of amides is 1. The Morgan fingerprint density at radius 2 is 2.18 bits per heavy atom. The maximum absolute atomic E-state index is 11.9. The van der Waals surface area contributed by atoms with Gasteiger partial charge in [-0.3, -0.25) is 9.10 Å². The summed E-state index contributed by atoms with van der Waals surface area (Å²) in [6.07, 6.45) is 4.01. The molecule has 0 aliphatic heterocycles. The van der Waals surface area contributed by atoms with E-state index in [0.717, 1.165) is 25.5 Å². The number of benzene rings is 1. The molecule has 0 atom stereocenters.